The second-order valence-corrected chi connectivity index (χ2v) is 3.10. The van der Waals surface area contributed by atoms with E-state index in [4.69, 9.17) is 23.2 Å². The fourth-order valence-electron chi connectivity index (χ4n) is 0.757. The molecule has 1 nitrogen and oxygen atoms in total. The zero-order valence-electron chi connectivity index (χ0n) is 6.63. The maximum atomic E-state index is 12.7. The van der Waals surface area contributed by atoms with Crippen LogP contribution in [0.3, 0.4) is 0 Å². The van der Waals surface area contributed by atoms with Gasteiger partial charge in [-0.25, -0.2) is 8.78 Å². The van der Waals surface area contributed by atoms with Gasteiger partial charge in [-0.05, 0) is 0 Å². The van der Waals surface area contributed by atoms with Gasteiger partial charge in [0.2, 0.25) is 0 Å². The summed E-state index contributed by atoms with van der Waals surface area (Å²) in [7, 11) is 0. The molecule has 0 fully saturated rings. The summed E-state index contributed by atoms with van der Waals surface area (Å²) in [6, 6.07) is 0.258. The van der Waals surface area contributed by atoms with Crippen LogP contribution in [0.4, 0.5) is 22.0 Å². The monoisotopic (exact) mass is 266 g/mol. The van der Waals surface area contributed by atoms with Gasteiger partial charge in [0.1, 0.15) is 21.7 Å². The fraction of sp³-hybridized carbons (Fsp3) is 0.143. The highest BCUT2D eigenvalue weighted by molar-refractivity contribution is 6.37. The molecule has 1 aromatic carbocycles. The zero-order valence-corrected chi connectivity index (χ0v) is 8.14. The van der Waals surface area contributed by atoms with Gasteiger partial charge < -0.3 is 4.74 Å². The Bertz CT molecular complexity index is 364. The molecule has 0 atom stereocenters. The summed E-state index contributed by atoms with van der Waals surface area (Å²) in [4.78, 5) is 0. The molecular weight excluding hydrogens is 266 g/mol. The van der Waals surface area contributed by atoms with Crippen LogP contribution < -0.4 is 4.74 Å². The normalized spacial score (nSPS) is 11.7. The summed E-state index contributed by atoms with van der Waals surface area (Å²) < 4.78 is 64.1. The number of hydrogen-bond acceptors (Lipinski definition) is 1. The number of hydrogen-bond donors (Lipinski definition) is 0. The maximum Gasteiger partial charge on any atom is 0.573 e. The summed E-state index contributed by atoms with van der Waals surface area (Å²) in [5.41, 5.74) is 0. The van der Waals surface area contributed by atoms with E-state index >= 15 is 0 Å². The molecule has 84 valence electrons. The lowest BCUT2D eigenvalue weighted by atomic mass is 10.3. The third-order valence-corrected chi connectivity index (χ3v) is 1.99. The summed E-state index contributed by atoms with van der Waals surface area (Å²) in [5, 5.41) is -2.06. The molecule has 0 spiro atoms. The first-order valence-corrected chi connectivity index (χ1v) is 4.06. The van der Waals surface area contributed by atoms with Crippen LogP contribution >= 0.6 is 23.2 Å². The van der Waals surface area contributed by atoms with Crippen molar-refractivity contribution < 1.29 is 26.7 Å². The van der Waals surface area contributed by atoms with E-state index in [0.717, 1.165) is 0 Å². The minimum atomic E-state index is -5.13. The molecule has 0 aliphatic heterocycles. The van der Waals surface area contributed by atoms with Gasteiger partial charge in [0, 0.05) is 6.07 Å². The predicted octanol–water partition coefficient (Wildman–Crippen LogP) is 4.17. The van der Waals surface area contributed by atoms with E-state index in [0.29, 0.717) is 0 Å². The van der Waals surface area contributed by atoms with Crippen molar-refractivity contribution in [3.8, 4) is 5.75 Å². The van der Waals surface area contributed by atoms with E-state index in [1.54, 1.807) is 0 Å². The van der Waals surface area contributed by atoms with Crippen molar-refractivity contribution >= 4 is 23.2 Å². The Hall–Kier alpha value is -0.750. The largest absolute Gasteiger partial charge is 0.573 e. The number of benzene rings is 1. The lowest BCUT2D eigenvalue weighted by Crippen LogP contribution is -2.18. The first-order valence-electron chi connectivity index (χ1n) is 3.31. The van der Waals surface area contributed by atoms with Crippen LogP contribution in [-0.2, 0) is 0 Å². The molecule has 0 bridgehead atoms. The number of halogens is 7. The highest BCUT2D eigenvalue weighted by atomic mass is 35.5. The molecule has 1 aromatic rings. The molecule has 0 aliphatic carbocycles. The molecule has 0 aliphatic rings. The minimum Gasteiger partial charge on any atom is -0.402 e. The van der Waals surface area contributed by atoms with Crippen molar-refractivity contribution in [2.75, 3.05) is 0 Å². The molecular formula is C7HCl2F5O. The van der Waals surface area contributed by atoms with E-state index in [1.165, 1.54) is 0 Å². The van der Waals surface area contributed by atoms with E-state index in [1.807, 2.05) is 0 Å². The van der Waals surface area contributed by atoms with Crippen LogP contribution in [0.25, 0.3) is 0 Å². The van der Waals surface area contributed by atoms with Gasteiger partial charge in [0.15, 0.2) is 5.75 Å². The third-order valence-electron chi connectivity index (χ3n) is 1.29. The van der Waals surface area contributed by atoms with Gasteiger partial charge in [-0.1, -0.05) is 23.2 Å². The molecule has 0 heterocycles. The standard InChI is InChI=1S/C7HCl2F5O/c8-4-2(10)1-3(11)5(9)6(4)15-7(12,13)14/h1H. The van der Waals surface area contributed by atoms with E-state index < -0.39 is 33.8 Å². The maximum absolute atomic E-state index is 12.7. The van der Waals surface area contributed by atoms with Crippen LogP contribution in [-0.4, -0.2) is 6.36 Å². The molecule has 15 heavy (non-hydrogen) atoms. The highest BCUT2D eigenvalue weighted by Crippen LogP contribution is 2.39. The van der Waals surface area contributed by atoms with Gasteiger partial charge in [0.25, 0.3) is 0 Å². The van der Waals surface area contributed by atoms with Crippen LogP contribution in [0.5, 0.6) is 5.75 Å². The van der Waals surface area contributed by atoms with Crippen molar-refractivity contribution in [3.63, 3.8) is 0 Å². The number of alkyl halides is 3. The molecule has 0 unspecified atom stereocenters. The predicted molar refractivity (Wildman–Crippen MR) is 43.1 cm³/mol. The number of ether oxygens (including phenoxy) is 1. The number of rotatable bonds is 1. The summed E-state index contributed by atoms with van der Waals surface area (Å²) >= 11 is 10.3. The Morgan fingerprint density at radius 2 is 1.40 bits per heavy atom. The lowest BCUT2D eigenvalue weighted by molar-refractivity contribution is -0.274. The molecule has 0 radical (unpaired) electrons. The van der Waals surface area contributed by atoms with Gasteiger partial charge >= 0.3 is 6.36 Å². The first kappa shape index (κ1) is 12.3. The van der Waals surface area contributed by atoms with E-state index in [-0.39, 0.29) is 6.07 Å². The van der Waals surface area contributed by atoms with Crippen LogP contribution in [0.1, 0.15) is 0 Å². The third kappa shape index (κ3) is 2.85. The van der Waals surface area contributed by atoms with Crippen LogP contribution in [0.2, 0.25) is 10.0 Å². The minimum absolute atomic E-state index is 0.258. The SMILES string of the molecule is Fc1cc(F)c(Cl)c(OC(F)(F)F)c1Cl. The Morgan fingerprint density at radius 1 is 1.00 bits per heavy atom. The van der Waals surface area contributed by atoms with Crippen molar-refractivity contribution in [2.24, 2.45) is 0 Å². The van der Waals surface area contributed by atoms with Gasteiger partial charge in [-0.3, -0.25) is 0 Å². The van der Waals surface area contributed by atoms with Crippen molar-refractivity contribution in [1.29, 1.82) is 0 Å². The molecule has 0 aromatic heterocycles. The Kier molecular flexibility index (Phi) is 3.30. The van der Waals surface area contributed by atoms with Crippen LogP contribution in [0, 0.1) is 11.6 Å². The fourth-order valence-corrected chi connectivity index (χ4v) is 1.18. The average Bonchev–Trinajstić information content (AvgIpc) is 2.08. The van der Waals surface area contributed by atoms with E-state index in [9.17, 15) is 22.0 Å². The summed E-state index contributed by atoms with van der Waals surface area (Å²) in [6.45, 7) is 0. The van der Waals surface area contributed by atoms with Gasteiger partial charge in [-0.15, -0.1) is 13.2 Å². The molecule has 0 amide bonds. The smallest absolute Gasteiger partial charge is 0.402 e. The highest BCUT2D eigenvalue weighted by Gasteiger charge is 2.34. The molecule has 0 saturated heterocycles. The Labute approximate surface area is 90.3 Å². The second kappa shape index (κ2) is 4.02. The van der Waals surface area contributed by atoms with Crippen molar-refractivity contribution in [3.05, 3.63) is 27.7 Å². The average molecular weight is 267 g/mol. The summed E-state index contributed by atoms with van der Waals surface area (Å²) in [6.07, 6.45) is -5.13. The second-order valence-electron chi connectivity index (χ2n) is 2.35. The first-order chi connectivity index (χ1) is 6.72. The van der Waals surface area contributed by atoms with Gasteiger partial charge in [0.05, 0.1) is 0 Å². The molecule has 0 saturated carbocycles. The Balaban J connectivity index is 3.27. The molecule has 8 heteroatoms. The molecule has 0 N–H and O–H groups in total. The van der Waals surface area contributed by atoms with Crippen molar-refractivity contribution in [1.82, 2.24) is 0 Å². The lowest BCUT2D eigenvalue weighted by Gasteiger charge is -2.12. The van der Waals surface area contributed by atoms with E-state index in [2.05, 4.69) is 4.74 Å². The topological polar surface area (TPSA) is 9.23 Å². The van der Waals surface area contributed by atoms with Crippen LogP contribution in [0.15, 0.2) is 6.07 Å². The Morgan fingerprint density at radius 3 is 1.73 bits per heavy atom. The zero-order chi connectivity index (χ0) is 11.8. The van der Waals surface area contributed by atoms with Crippen molar-refractivity contribution in [2.45, 2.75) is 6.36 Å². The molecule has 1 rings (SSSR count). The van der Waals surface area contributed by atoms with Gasteiger partial charge in [-0.2, -0.15) is 0 Å². The quantitative estimate of drug-likeness (QED) is 0.548. The summed E-state index contributed by atoms with van der Waals surface area (Å²) in [5.74, 6) is -4.07.